The highest BCUT2D eigenvalue weighted by atomic mass is 35.5. The molecule has 36 heavy (non-hydrogen) atoms. The second-order valence-corrected chi connectivity index (χ2v) is 9.79. The summed E-state index contributed by atoms with van der Waals surface area (Å²) < 4.78 is 14.3. The van der Waals surface area contributed by atoms with Crippen molar-refractivity contribution in [1.29, 1.82) is 0 Å². The van der Waals surface area contributed by atoms with E-state index in [4.69, 9.17) is 17.3 Å². The van der Waals surface area contributed by atoms with E-state index < -0.39 is 5.82 Å². The monoisotopic (exact) mass is 532 g/mol. The number of aromatic nitrogens is 4. The van der Waals surface area contributed by atoms with Crippen molar-refractivity contribution in [2.24, 2.45) is 11.7 Å². The lowest BCUT2D eigenvalue weighted by atomic mass is 10.1. The lowest BCUT2D eigenvalue weighted by Gasteiger charge is -2.25. The molecule has 0 aliphatic carbocycles. The average Bonchev–Trinajstić information content (AvgIpc) is 2.80. The summed E-state index contributed by atoms with van der Waals surface area (Å²) in [5.74, 6) is 0.546. The molecule has 0 saturated heterocycles. The molecule has 3 rings (SSSR count). The van der Waals surface area contributed by atoms with E-state index in [0.29, 0.717) is 41.2 Å². The number of nitrogens with zero attached hydrogens (tertiary/aromatic N) is 5. The van der Waals surface area contributed by atoms with Crippen molar-refractivity contribution < 1.29 is 9.18 Å². The molecule has 0 radical (unpaired) electrons. The Kier molecular flexibility index (Phi) is 9.94. The van der Waals surface area contributed by atoms with E-state index in [9.17, 15) is 9.18 Å². The third kappa shape index (κ3) is 8.37. The molecule has 4 N–H and O–H groups in total. The number of carbonyl (C=O) groups is 1. The predicted molar refractivity (Wildman–Crippen MR) is 143 cm³/mol. The Morgan fingerprint density at radius 2 is 1.89 bits per heavy atom. The van der Waals surface area contributed by atoms with Gasteiger partial charge >= 0.3 is 0 Å². The van der Waals surface area contributed by atoms with Crippen molar-refractivity contribution in [2.75, 3.05) is 30.3 Å². The Morgan fingerprint density at radius 3 is 2.61 bits per heavy atom. The molecular formula is C24H30ClFN8OS. The van der Waals surface area contributed by atoms with E-state index in [-0.39, 0.29) is 28.2 Å². The molecule has 0 saturated carbocycles. The summed E-state index contributed by atoms with van der Waals surface area (Å²) in [6.45, 7) is 8.39. The molecule has 192 valence electrons. The van der Waals surface area contributed by atoms with Crippen LogP contribution < -0.4 is 16.4 Å². The van der Waals surface area contributed by atoms with Gasteiger partial charge in [-0.15, -0.1) is 22.8 Å². The van der Waals surface area contributed by atoms with Gasteiger partial charge in [0, 0.05) is 48.7 Å². The van der Waals surface area contributed by atoms with Gasteiger partial charge in [-0.25, -0.2) is 14.4 Å². The SMILES string of the molecule is CC(C)CN(CCC(=O)Nc1cc(Nc2cc(-c3cc(Cl)ccc3F)nnc2S)ncn1)CC(C)N. The van der Waals surface area contributed by atoms with Crippen LogP contribution in [0.25, 0.3) is 11.3 Å². The van der Waals surface area contributed by atoms with E-state index in [1.165, 1.54) is 24.5 Å². The van der Waals surface area contributed by atoms with Gasteiger partial charge in [-0.3, -0.25) is 4.79 Å². The number of benzene rings is 1. The largest absolute Gasteiger partial charge is 0.338 e. The maximum atomic E-state index is 14.3. The van der Waals surface area contributed by atoms with Crippen molar-refractivity contribution >= 4 is 47.5 Å². The number of rotatable bonds is 11. The molecule has 3 aromatic rings. The van der Waals surface area contributed by atoms with Crippen LogP contribution in [-0.4, -0.2) is 56.6 Å². The Balaban J connectivity index is 1.68. The molecule has 1 aromatic carbocycles. The van der Waals surface area contributed by atoms with Crippen LogP contribution in [0.2, 0.25) is 5.02 Å². The van der Waals surface area contributed by atoms with Crippen molar-refractivity contribution in [3.05, 3.63) is 47.5 Å². The normalized spacial score (nSPS) is 12.1. The van der Waals surface area contributed by atoms with Crippen LogP contribution in [0.3, 0.4) is 0 Å². The molecular weight excluding hydrogens is 503 g/mol. The maximum absolute atomic E-state index is 14.3. The molecule has 1 amide bonds. The van der Waals surface area contributed by atoms with Crippen LogP contribution >= 0.6 is 24.2 Å². The van der Waals surface area contributed by atoms with Crippen LogP contribution in [0, 0.1) is 11.7 Å². The van der Waals surface area contributed by atoms with E-state index in [0.717, 1.165) is 13.1 Å². The van der Waals surface area contributed by atoms with Gasteiger partial charge in [0.15, 0.2) is 0 Å². The van der Waals surface area contributed by atoms with E-state index in [1.54, 1.807) is 12.1 Å². The fourth-order valence-corrected chi connectivity index (χ4v) is 3.92. The average molecular weight is 533 g/mol. The zero-order valence-electron chi connectivity index (χ0n) is 20.4. The highest BCUT2D eigenvalue weighted by Crippen LogP contribution is 2.29. The number of anilines is 3. The third-order valence-corrected chi connectivity index (χ3v) is 5.57. The molecule has 2 heterocycles. The summed E-state index contributed by atoms with van der Waals surface area (Å²) in [6.07, 6.45) is 1.62. The van der Waals surface area contributed by atoms with Crippen molar-refractivity contribution in [3.63, 3.8) is 0 Å². The maximum Gasteiger partial charge on any atom is 0.226 e. The minimum absolute atomic E-state index is 0.0255. The van der Waals surface area contributed by atoms with Crippen LogP contribution in [0.4, 0.5) is 21.7 Å². The van der Waals surface area contributed by atoms with Crippen LogP contribution in [0.15, 0.2) is 41.7 Å². The second kappa shape index (κ2) is 12.9. The zero-order chi connectivity index (χ0) is 26.2. The lowest BCUT2D eigenvalue weighted by Crippen LogP contribution is -2.39. The van der Waals surface area contributed by atoms with Crippen LogP contribution in [0.1, 0.15) is 27.2 Å². The summed E-state index contributed by atoms with van der Waals surface area (Å²) in [4.78, 5) is 23.0. The Morgan fingerprint density at radius 1 is 1.14 bits per heavy atom. The highest BCUT2D eigenvalue weighted by molar-refractivity contribution is 7.80. The molecule has 0 spiro atoms. The van der Waals surface area contributed by atoms with E-state index in [1.807, 2.05) is 6.92 Å². The second-order valence-electron chi connectivity index (χ2n) is 8.93. The topological polar surface area (TPSA) is 122 Å². The van der Waals surface area contributed by atoms with E-state index >= 15 is 0 Å². The van der Waals surface area contributed by atoms with Gasteiger partial charge in [-0.1, -0.05) is 25.4 Å². The smallest absolute Gasteiger partial charge is 0.226 e. The van der Waals surface area contributed by atoms with Crippen LogP contribution in [0.5, 0.6) is 0 Å². The molecule has 1 atom stereocenters. The first kappa shape index (κ1) is 27.7. The summed E-state index contributed by atoms with van der Waals surface area (Å²) in [5.41, 5.74) is 6.86. The number of hydrogen-bond donors (Lipinski definition) is 4. The summed E-state index contributed by atoms with van der Waals surface area (Å²) in [7, 11) is 0. The molecule has 0 aliphatic heterocycles. The standard InChI is InChI=1S/C24H30ClFN8OS/c1-14(2)11-34(12-15(3)27)7-6-23(35)31-22-10-21(28-13-29-22)30-20-9-19(32-33-24(20)36)17-8-16(25)4-5-18(17)26/h4-5,8-10,13-15H,6-7,11-12,27H2,1-3H3,(H,33,36)(H2,28,29,30,31,32,35). The Bertz CT molecular complexity index is 1190. The van der Waals surface area contributed by atoms with Crippen molar-refractivity contribution in [3.8, 4) is 11.3 Å². The molecule has 1 unspecified atom stereocenters. The Labute approximate surface area is 220 Å². The first-order valence-corrected chi connectivity index (χ1v) is 12.3. The van der Waals surface area contributed by atoms with Crippen molar-refractivity contribution in [1.82, 2.24) is 25.1 Å². The highest BCUT2D eigenvalue weighted by Gasteiger charge is 2.14. The lowest BCUT2D eigenvalue weighted by molar-refractivity contribution is -0.116. The minimum atomic E-state index is -0.480. The van der Waals surface area contributed by atoms with Gasteiger partial charge < -0.3 is 21.3 Å². The number of amides is 1. The minimum Gasteiger partial charge on any atom is -0.338 e. The molecule has 0 bridgehead atoms. The first-order chi connectivity index (χ1) is 17.1. The number of nitrogens with one attached hydrogen (secondary N) is 2. The van der Waals surface area contributed by atoms with Gasteiger partial charge in [-0.05, 0) is 37.1 Å². The fourth-order valence-electron chi connectivity index (χ4n) is 3.58. The molecule has 0 fully saturated rings. The molecule has 12 heteroatoms. The predicted octanol–water partition coefficient (Wildman–Crippen LogP) is 4.39. The Hall–Kier alpha value is -2.86. The molecule has 0 aliphatic rings. The number of nitrogens with two attached hydrogens (primary N) is 1. The first-order valence-electron chi connectivity index (χ1n) is 11.5. The summed E-state index contributed by atoms with van der Waals surface area (Å²) in [6, 6.07) is 7.39. The summed E-state index contributed by atoms with van der Waals surface area (Å²) >= 11 is 10.3. The summed E-state index contributed by atoms with van der Waals surface area (Å²) in [5, 5.41) is 14.5. The van der Waals surface area contributed by atoms with Crippen LogP contribution in [-0.2, 0) is 4.79 Å². The number of halogens is 2. The van der Waals surface area contributed by atoms with Crippen molar-refractivity contribution in [2.45, 2.75) is 38.3 Å². The van der Waals surface area contributed by atoms with E-state index in [2.05, 4.69) is 62.2 Å². The quantitative estimate of drug-likeness (QED) is 0.268. The third-order valence-electron chi connectivity index (χ3n) is 5.00. The van der Waals surface area contributed by atoms with Gasteiger partial charge in [0.05, 0.1) is 11.4 Å². The number of carbonyl (C=O) groups excluding carboxylic acids is 1. The van der Waals surface area contributed by atoms with Gasteiger partial charge in [0.25, 0.3) is 0 Å². The number of thiol groups is 1. The fraction of sp³-hybridized carbons (Fsp3) is 0.375. The number of hydrogen-bond acceptors (Lipinski definition) is 9. The molecule has 2 aromatic heterocycles. The van der Waals surface area contributed by atoms with Gasteiger partial charge in [0.1, 0.15) is 28.8 Å². The zero-order valence-corrected chi connectivity index (χ0v) is 22.0. The van der Waals surface area contributed by atoms with Gasteiger partial charge in [0.2, 0.25) is 5.91 Å². The van der Waals surface area contributed by atoms with Gasteiger partial charge in [-0.2, -0.15) is 0 Å². The molecule has 9 nitrogen and oxygen atoms in total.